The van der Waals surface area contributed by atoms with Gasteiger partial charge in [0.15, 0.2) is 5.52 Å². The summed E-state index contributed by atoms with van der Waals surface area (Å²) in [6.45, 7) is 0. The maximum atomic E-state index is 8.45. The molecular formula is C7H3ClN3S+. The third-order valence-corrected chi connectivity index (χ3v) is 2.56. The molecule has 0 aliphatic carbocycles. The quantitative estimate of drug-likeness (QED) is 0.606. The number of nitrogens with zero attached hydrogens (tertiary/aromatic N) is 3. The molecule has 0 aliphatic heterocycles. The van der Waals surface area contributed by atoms with Gasteiger partial charge in [0.05, 0.1) is 10.1 Å². The van der Waals surface area contributed by atoms with Crippen molar-refractivity contribution < 1.29 is 0 Å². The van der Waals surface area contributed by atoms with Crippen LogP contribution in [0, 0.1) is 5.39 Å². The Morgan fingerprint density at radius 3 is 3.08 bits per heavy atom. The van der Waals surface area contributed by atoms with Crippen molar-refractivity contribution in [2.24, 2.45) is 0 Å². The molecule has 0 aliphatic rings. The fraction of sp³-hybridized carbons (Fsp3) is 0. The second-order valence-corrected chi connectivity index (χ2v) is 3.65. The highest BCUT2D eigenvalue weighted by atomic mass is 35.5. The maximum absolute atomic E-state index is 8.45. The van der Waals surface area contributed by atoms with Crippen LogP contribution in [-0.4, -0.2) is 4.98 Å². The van der Waals surface area contributed by atoms with E-state index in [2.05, 4.69) is 9.96 Å². The van der Waals surface area contributed by atoms with E-state index < -0.39 is 0 Å². The highest BCUT2D eigenvalue weighted by Gasteiger charge is 2.13. The molecule has 0 atom stereocenters. The molecular weight excluding hydrogens is 194 g/mol. The van der Waals surface area contributed by atoms with Gasteiger partial charge in [-0.3, -0.25) is 0 Å². The van der Waals surface area contributed by atoms with Crippen LogP contribution in [0.15, 0.2) is 18.2 Å². The van der Waals surface area contributed by atoms with Gasteiger partial charge in [0, 0.05) is 10.00 Å². The summed E-state index contributed by atoms with van der Waals surface area (Å²) in [7, 11) is 0. The van der Waals surface area contributed by atoms with Crippen molar-refractivity contribution in [3.63, 3.8) is 0 Å². The van der Waals surface area contributed by atoms with E-state index in [1.165, 1.54) is 11.3 Å². The number of halogens is 1. The number of fused-ring (bicyclic) bond motifs is 1. The number of benzene rings is 1. The number of hydrogen-bond acceptors (Lipinski definition) is 3. The molecule has 1 heterocycles. The SMILES string of the molecule is N#[N+]c1nc2ccc(Cl)cc2s1. The monoisotopic (exact) mass is 196 g/mol. The Hall–Kier alpha value is -1.18. The lowest BCUT2D eigenvalue weighted by Gasteiger charge is -1.83. The van der Waals surface area contributed by atoms with Gasteiger partial charge in [0.2, 0.25) is 0 Å². The van der Waals surface area contributed by atoms with Gasteiger partial charge in [-0.2, -0.15) is 0 Å². The lowest BCUT2D eigenvalue weighted by Crippen LogP contribution is -1.65. The maximum Gasteiger partial charge on any atom is 0.524 e. The summed E-state index contributed by atoms with van der Waals surface area (Å²) < 4.78 is 0.926. The molecule has 2 rings (SSSR count). The van der Waals surface area contributed by atoms with Gasteiger partial charge >= 0.3 is 5.13 Å². The first-order valence-corrected chi connectivity index (χ1v) is 4.40. The number of thiazole rings is 1. The Labute approximate surface area is 77.2 Å². The topological polar surface area (TPSA) is 41.0 Å². The molecule has 2 aromatic rings. The largest absolute Gasteiger partial charge is 0.524 e. The standard InChI is InChI=1S/C7H3ClN3S/c8-4-1-2-5-6(3-4)12-7(10-5)11-9/h1-3H/q+1. The third-order valence-electron chi connectivity index (χ3n) is 1.42. The van der Waals surface area contributed by atoms with Crippen LogP contribution in [0.25, 0.3) is 15.2 Å². The summed E-state index contributed by atoms with van der Waals surface area (Å²) >= 11 is 7.06. The average Bonchev–Trinajstić information content (AvgIpc) is 2.46. The first-order valence-electron chi connectivity index (χ1n) is 3.21. The molecule has 0 amide bonds. The van der Waals surface area contributed by atoms with Crippen LogP contribution >= 0.6 is 22.9 Å². The van der Waals surface area contributed by atoms with E-state index in [-0.39, 0.29) is 0 Å². The smallest absolute Gasteiger partial charge is 0.0843 e. The number of diazo groups is 1. The van der Waals surface area contributed by atoms with E-state index in [0.29, 0.717) is 10.2 Å². The third kappa shape index (κ3) is 1.13. The summed E-state index contributed by atoms with van der Waals surface area (Å²) in [6.07, 6.45) is 0. The van der Waals surface area contributed by atoms with Gasteiger partial charge in [-0.05, 0) is 34.5 Å². The average molecular weight is 197 g/mol. The van der Waals surface area contributed by atoms with Crippen molar-refractivity contribution >= 4 is 38.3 Å². The Balaban J connectivity index is 2.77. The summed E-state index contributed by atoms with van der Waals surface area (Å²) in [5.41, 5.74) is 0.803. The first kappa shape index (κ1) is 7.47. The van der Waals surface area contributed by atoms with Gasteiger partial charge in [-0.15, -0.1) is 0 Å². The molecule has 58 valence electrons. The van der Waals surface area contributed by atoms with Gasteiger partial charge < -0.3 is 0 Å². The molecule has 0 unspecified atom stereocenters. The summed E-state index contributed by atoms with van der Waals surface area (Å²) in [5, 5.41) is 9.46. The molecule has 0 radical (unpaired) electrons. The lowest BCUT2D eigenvalue weighted by atomic mass is 10.3. The molecule has 5 heteroatoms. The molecule has 3 nitrogen and oxygen atoms in total. The van der Waals surface area contributed by atoms with E-state index in [0.717, 1.165) is 10.2 Å². The Morgan fingerprint density at radius 2 is 2.33 bits per heavy atom. The van der Waals surface area contributed by atoms with Crippen molar-refractivity contribution in [2.75, 3.05) is 0 Å². The van der Waals surface area contributed by atoms with E-state index in [9.17, 15) is 0 Å². The zero-order valence-corrected chi connectivity index (χ0v) is 7.43. The number of aromatic nitrogens is 1. The highest BCUT2D eigenvalue weighted by Crippen LogP contribution is 2.29. The van der Waals surface area contributed by atoms with Crippen LogP contribution in [0.1, 0.15) is 0 Å². The summed E-state index contributed by atoms with van der Waals surface area (Å²) in [4.78, 5) is 7.02. The minimum atomic E-state index is 0.354. The molecule has 12 heavy (non-hydrogen) atoms. The second-order valence-electron chi connectivity index (χ2n) is 2.21. The predicted molar refractivity (Wildman–Crippen MR) is 49.4 cm³/mol. The van der Waals surface area contributed by atoms with Gasteiger partial charge in [0.1, 0.15) is 0 Å². The summed E-state index contributed by atoms with van der Waals surface area (Å²) in [6, 6.07) is 5.34. The van der Waals surface area contributed by atoms with Crippen LogP contribution in [0.2, 0.25) is 5.02 Å². The predicted octanol–water partition coefficient (Wildman–Crippen LogP) is 3.43. The highest BCUT2D eigenvalue weighted by molar-refractivity contribution is 7.22. The molecule has 0 N–H and O–H groups in total. The molecule has 0 saturated heterocycles. The Kier molecular flexibility index (Phi) is 1.68. The van der Waals surface area contributed by atoms with Crippen LogP contribution in [0.5, 0.6) is 0 Å². The lowest BCUT2D eigenvalue weighted by molar-refractivity contribution is 1.42. The van der Waals surface area contributed by atoms with Crippen molar-refractivity contribution in [1.29, 1.82) is 5.39 Å². The minimum Gasteiger partial charge on any atom is -0.0843 e. The van der Waals surface area contributed by atoms with Crippen LogP contribution < -0.4 is 0 Å². The molecule has 1 aromatic heterocycles. The molecule has 1 aromatic carbocycles. The van der Waals surface area contributed by atoms with Crippen molar-refractivity contribution in [2.45, 2.75) is 0 Å². The van der Waals surface area contributed by atoms with Gasteiger partial charge in [-0.1, -0.05) is 11.6 Å². The Morgan fingerprint density at radius 1 is 1.50 bits per heavy atom. The fourth-order valence-corrected chi connectivity index (χ4v) is 1.95. The van der Waals surface area contributed by atoms with Crippen molar-refractivity contribution in [1.82, 2.24) is 4.98 Å². The molecule has 0 saturated carbocycles. The number of rotatable bonds is 0. The molecule has 0 fully saturated rings. The fourth-order valence-electron chi connectivity index (χ4n) is 0.929. The second kappa shape index (κ2) is 2.70. The van der Waals surface area contributed by atoms with Crippen molar-refractivity contribution in [3.8, 4) is 0 Å². The molecule has 0 spiro atoms. The number of hydrogen-bond donors (Lipinski definition) is 0. The molecule has 0 bridgehead atoms. The zero-order valence-electron chi connectivity index (χ0n) is 5.86. The minimum absolute atomic E-state index is 0.354. The van der Waals surface area contributed by atoms with Gasteiger partial charge in [-0.25, -0.2) is 0 Å². The summed E-state index contributed by atoms with van der Waals surface area (Å²) in [5.74, 6) is 0. The van der Waals surface area contributed by atoms with Crippen LogP contribution in [0.4, 0.5) is 5.13 Å². The Bertz CT molecular complexity index is 471. The van der Waals surface area contributed by atoms with Crippen molar-refractivity contribution in [3.05, 3.63) is 28.2 Å². The van der Waals surface area contributed by atoms with E-state index in [4.69, 9.17) is 17.0 Å². The van der Waals surface area contributed by atoms with E-state index in [1.807, 2.05) is 0 Å². The normalized spacial score (nSPS) is 10.0. The van der Waals surface area contributed by atoms with E-state index >= 15 is 0 Å². The zero-order chi connectivity index (χ0) is 8.55. The van der Waals surface area contributed by atoms with Crippen LogP contribution in [0.3, 0.4) is 0 Å². The van der Waals surface area contributed by atoms with Gasteiger partial charge in [0.25, 0.3) is 0 Å². The van der Waals surface area contributed by atoms with Crippen LogP contribution in [-0.2, 0) is 0 Å². The first-order chi connectivity index (χ1) is 5.79. The van der Waals surface area contributed by atoms with E-state index in [1.54, 1.807) is 18.2 Å².